The number of fused-ring (bicyclic) bond motifs is 1. The number of carbonyl (C=O) groups excluding carboxylic acids is 2. The number of hydrogen-bond donors (Lipinski definition) is 2. The molecule has 8 nitrogen and oxygen atoms in total. The fourth-order valence-corrected chi connectivity index (χ4v) is 4.29. The van der Waals surface area contributed by atoms with Gasteiger partial charge < -0.3 is 19.6 Å². The van der Waals surface area contributed by atoms with Crippen LogP contribution in [0, 0.1) is 13.8 Å². The normalized spacial score (nSPS) is 15.1. The number of H-pyrrole nitrogens is 2. The van der Waals surface area contributed by atoms with E-state index >= 15 is 0 Å². The van der Waals surface area contributed by atoms with Crippen LogP contribution in [-0.2, 0) is 4.74 Å². The fourth-order valence-electron chi connectivity index (χ4n) is 4.29. The number of rotatable bonds is 3. The molecule has 0 bridgehead atoms. The van der Waals surface area contributed by atoms with Crippen molar-refractivity contribution in [1.29, 1.82) is 0 Å². The SMILES string of the molecule is COC(=O)c1c(C)[nH]c(C(=O)N2CCC(n3c(=O)[nH]c4ccccc43)CC2)c1C. The van der Waals surface area contributed by atoms with Crippen molar-refractivity contribution in [2.24, 2.45) is 0 Å². The van der Waals surface area contributed by atoms with Crippen LogP contribution in [0.25, 0.3) is 11.0 Å². The number of imidazole rings is 1. The lowest BCUT2D eigenvalue weighted by molar-refractivity contribution is 0.0599. The first-order chi connectivity index (χ1) is 13.9. The van der Waals surface area contributed by atoms with Crippen molar-refractivity contribution in [3.05, 3.63) is 57.3 Å². The summed E-state index contributed by atoms with van der Waals surface area (Å²) in [6, 6.07) is 7.68. The van der Waals surface area contributed by atoms with Gasteiger partial charge in [-0.15, -0.1) is 0 Å². The summed E-state index contributed by atoms with van der Waals surface area (Å²) >= 11 is 0. The number of methoxy groups -OCH3 is 1. The number of esters is 1. The number of aromatic amines is 2. The van der Waals surface area contributed by atoms with Crippen molar-refractivity contribution in [2.75, 3.05) is 20.2 Å². The average molecular weight is 396 g/mol. The minimum Gasteiger partial charge on any atom is -0.465 e. The minimum absolute atomic E-state index is 0.0415. The van der Waals surface area contributed by atoms with Crippen LogP contribution in [0.3, 0.4) is 0 Å². The number of amides is 1. The van der Waals surface area contributed by atoms with Crippen LogP contribution in [0.1, 0.15) is 51.0 Å². The maximum atomic E-state index is 13.0. The predicted molar refractivity (Wildman–Crippen MR) is 108 cm³/mol. The Morgan fingerprint density at radius 2 is 1.79 bits per heavy atom. The third-order valence-corrected chi connectivity index (χ3v) is 5.78. The van der Waals surface area contributed by atoms with Gasteiger partial charge in [-0.1, -0.05) is 12.1 Å². The molecule has 1 aromatic carbocycles. The number of likely N-dealkylation sites (tertiary alicyclic amines) is 1. The molecule has 152 valence electrons. The predicted octanol–water partition coefficient (Wildman–Crippen LogP) is 2.54. The Morgan fingerprint density at radius 1 is 1.10 bits per heavy atom. The Hall–Kier alpha value is -3.29. The van der Waals surface area contributed by atoms with Crippen LogP contribution < -0.4 is 5.69 Å². The second-order valence-electron chi connectivity index (χ2n) is 7.46. The summed E-state index contributed by atoms with van der Waals surface area (Å²) in [5.74, 6) is -0.585. The van der Waals surface area contributed by atoms with Gasteiger partial charge in [0.2, 0.25) is 0 Å². The number of nitrogens with zero attached hydrogens (tertiary/aromatic N) is 2. The first-order valence-electron chi connectivity index (χ1n) is 9.68. The molecule has 3 aromatic rings. The zero-order chi connectivity index (χ0) is 20.7. The number of aromatic nitrogens is 3. The summed E-state index contributed by atoms with van der Waals surface area (Å²) in [6.07, 6.45) is 1.38. The molecule has 2 N–H and O–H groups in total. The molecule has 1 saturated heterocycles. The lowest BCUT2D eigenvalue weighted by atomic mass is 10.0. The van der Waals surface area contributed by atoms with Gasteiger partial charge in [0.1, 0.15) is 5.69 Å². The van der Waals surface area contributed by atoms with E-state index in [4.69, 9.17) is 4.74 Å². The molecule has 0 unspecified atom stereocenters. The van der Waals surface area contributed by atoms with E-state index in [1.165, 1.54) is 7.11 Å². The highest BCUT2D eigenvalue weighted by molar-refractivity contribution is 6.00. The van der Waals surface area contributed by atoms with Gasteiger partial charge in [-0.05, 0) is 44.4 Å². The number of para-hydroxylation sites is 2. The van der Waals surface area contributed by atoms with Crippen LogP contribution in [0.2, 0.25) is 0 Å². The van der Waals surface area contributed by atoms with E-state index in [1.54, 1.807) is 23.3 Å². The van der Waals surface area contributed by atoms with E-state index in [0.717, 1.165) is 11.0 Å². The quantitative estimate of drug-likeness (QED) is 0.665. The Bertz CT molecular complexity index is 1150. The Balaban J connectivity index is 1.53. The summed E-state index contributed by atoms with van der Waals surface area (Å²) in [7, 11) is 1.33. The van der Waals surface area contributed by atoms with E-state index in [0.29, 0.717) is 48.4 Å². The highest BCUT2D eigenvalue weighted by Gasteiger charge is 2.30. The molecule has 0 saturated carbocycles. The molecule has 3 heterocycles. The molecule has 4 rings (SSSR count). The number of ether oxygens (including phenoxy) is 1. The summed E-state index contributed by atoms with van der Waals surface area (Å²) in [4.78, 5) is 45.2. The van der Waals surface area contributed by atoms with Gasteiger partial charge in [-0.2, -0.15) is 0 Å². The standard InChI is InChI=1S/C21H24N4O4/c1-12-17(20(27)29-3)13(2)22-18(12)19(26)24-10-8-14(9-11-24)25-16-7-5-4-6-15(16)23-21(25)28/h4-7,14,22H,8-11H2,1-3H3,(H,23,28). The third kappa shape index (κ3) is 3.14. The maximum absolute atomic E-state index is 13.0. The largest absolute Gasteiger partial charge is 0.465 e. The van der Waals surface area contributed by atoms with Gasteiger partial charge in [0.15, 0.2) is 0 Å². The van der Waals surface area contributed by atoms with E-state index in [2.05, 4.69) is 9.97 Å². The second-order valence-corrected chi connectivity index (χ2v) is 7.46. The number of hydrogen-bond acceptors (Lipinski definition) is 4. The summed E-state index contributed by atoms with van der Waals surface area (Å²) in [6.45, 7) is 4.59. The van der Waals surface area contributed by atoms with Crippen LogP contribution >= 0.6 is 0 Å². The van der Waals surface area contributed by atoms with Crippen molar-refractivity contribution in [2.45, 2.75) is 32.7 Å². The van der Waals surface area contributed by atoms with Gasteiger partial charge in [0, 0.05) is 24.8 Å². The first-order valence-corrected chi connectivity index (χ1v) is 9.68. The third-order valence-electron chi connectivity index (χ3n) is 5.78. The van der Waals surface area contributed by atoms with Gasteiger partial charge in [0.25, 0.3) is 5.91 Å². The highest BCUT2D eigenvalue weighted by Crippen LogP contribution is 2.27. The highest BCUT2D eigenvalue weighted by atomic mass is 16.5. The molecule has 1 aliphatic heterocycles. The van der Waals surface area contributed by atoms with Crippen LogP contribution in [0.5, 0.6) is 0 Å². The Morgan fingerprint density at radius 3 is 2.48 bits per heavy atom. The molecule has 8 heteroatoms. The minimum atomic E-state index is -0.451. The monoisotopic (exact) mass is 396 g/mol. The van der Waals surface area contributed by atoms with Crippen LogP contribution in [0.4, 0.5) is 0 Å². The molecule has 0 aliphatic carbocycles. The maximum Gasteiger partial charge on any atom is 0.339 e. The molecule has 2 aromatic heterocycles. The van der Waals surface area contributed by atoms with E-state index in [1.807, 2.05) is 24.3 Å². The van der Waals surface area contributed by atoms with E-state index in [9.17, 15) is 14.4 Å². The first kappa shape index (κ1) is 19.0. The lowest BCUT2D eigenvalue weighted by Crippen LogP contribution is -2.40. The van der Waals surface area contributed by atoms with Crippen LogP contribution in [-0.4, -0.2) is 51.5 Å². The molecular weight excluding hydrogens is 372 g/mol. The van der Waals surface area contributed by atoms with Gasteiger partial charge in [-0.25, -0.2) is 9.59 Å². The molecule has 1 aliphatic rings. The van der Waals surface area contributed by atoms with Gasteiger partial charge >= 0.3 is 11.7 Å². The van der Waals surface area contributed by atoms with Gasteiger partial charge in [0.05, 0.1) is 23.7 Å². The summed E-state index contributed by atoms with van der Waals surface area (Å²) in [5, 5.41) is 0. The van der Waals surface area contributed by atoms with Crippen molar-refractivity contribution in [3.8, 4) is 0 Å². The molecule has 1 amide bonds. The zero-order valence-corrected chi connectivity index (χ0v) is 16.7. The average Bonchev–Trinajstić information content (AvgIpc) is 3.22. The van der Waals surface area contributed by atoms with Crippen LogP contribution in [0.15, 0.2) is 29.1 Å². The Labute approximate surface area is 167 Å². The molecular formula is C21H24N4O4. The number of nitrogens with one attached hydrogen (secondary N) is 2. The molecule has 0 radical (unpaired) electrons. The smallest absolute Gasteiger partial charge is 0.339 e. The number of aryl methyl sites for hydroxylation is 1. The second kappa shape index (κ2) is 7.27. The van der Waals surface area contributed by atoms with E-state index < -0.39 is 5.97 Å². The van der Waals surface area contributed by atoms with Gasteiger partial charge in [-0.3, -0.25) is 9.36 Å². The molecule has 0 atom stereocenters. The fraction of sp³-hybridized carbons (Fsp3) is 0.381. The number of piperidine rings is 1. The van der Waals surface area contributed by atoms with E-state index in [-0.39, 0.29) is 17.6 Å². The topological polar surface area (TPSA) is 100 Å². The Kier molecular flexibility index (Phi) is 4.77. The van der Waals surface area contributed by atoms with Crippen molar-refractivity contribution < 1.29 is 14.3 Å². The molecule has 29 heavy (non-hydrogen) atoms. The summed E-state index contributed by atoms with van der Waals surface area (Å²) < 4.78 is 6.62. The number of carbonyl (C=O) groups is 2. The number of benzene rings is 1. The van der Waals surface area contributed by atoms with Crippen molar-refractivity contribution in [3.63, 3.8) is 0 Å². The van der Waals surface area contributed by atoms with Crippen molar-refractivity contribution >= 4 is 22.9 Å². The lowest BCUT2D eigenvalue weighted by Gasteiger charge is -2.32. The van der Waals surface area contributed by atoms with Crippen molar-refractivity contribution in [1.82, 2.24) is 19.4 Å². The zero-order valence-electron chi connectivity index (χ0n) is 16.7. The molecule has 1 fully saturated rings. The summed E-state index contributed by atoms with van der Waals surface area (Å²) in [5.41, 5.74) is 3.66. The molecule has 0 spiro atoms.